The molecule has 0 aliphatic carbocycles. The van der Waals surface area contributed by atoms with Crippen molar-refractivity contribution in [2.24, 2.45) is 7.05 Å². The van der Waals surface area contributed by atoms with Gasteiger partial charge in [0.1, 0.15) is 0 Å². The molecule has 138 valence electrons. The first-order valence-corrected chi connectivity index (χ1v) is 8.83. The molecule has 0 fully saturated rings. The van der Waals surface area contributed by atoms with Crippen molar-refractivity contribution < 1.29 is 9.32 Å². The molecule has 4 aromatic rings. The van der Waals surface area contributed by atoms with Gasteiger partial charge in [-0.15, -0.1) is 0 Å². The Morgan fingerprint density at radius 1 is 1.41 bits per heavy atom. The average Bonchev–Trinajstić information content (AvgIpc) is 3.35. The standard InChI is InChI=1S/C20H21N5O2/c1-12-5-4-6-16-14(9-21-19(12)16)7-13(2)23-20(26)17-8-18(27-24-17)15-10-22-25(3)11-15/h4-6,8-11,13,21H,7H2,1-3H3,(H,23,26). The molecule has 2 N–H and O–H groups in total. The van der Waals surface area contributed by atoms with Crippen LogP contribution in [0.25, 0.3) is 22.2 Å². The van der Waals surface area contributed by atoms with Crippen molar-refractivity contribution in [1.82, 2.24) is 25.2 Å². The summed E-state index contributed by atoms with van der Waals surface area (Å²) in [4.78, 5) is 15.8. The Kier molecular flexibility index (Phi) is 4.27. The summed E-state index contributed by atoms with van der Waals surface area (Å²) in [6.45, 7) is 4.06. The molecule has 0 saturated carbocycles. The van der Waals surface area contributed by atoms with E-state index in [2.05, 4.69) is 39.6 Å². The highest BCUT2D eigenvalue weighted by molar-refractivity contribution is 5.93. The fraction of sp³-hybridized carbons (Fsp3) is 0.250. The van der Waals surface area contributed by atoms with Crippen LogP contribution in [0.2, 0.25) is 0 Å². The third-order valence-electron chi connectivity index (χ3n) is 4.65. The highest BCUT2D eigenvalue weighted by Crippen LogP contribution is 2.23. The lowest BCUT2D eigenvalue weighted by molar-refractivity contribution is 0.0931. The molecule has 0 spiro atoms. The first-order valence-electron chi connectivity index (χ1n) is 8.83. The maximum Gasteiger partial charge on any atom is 0.273 e. The van der Waals surface area contributed by atoms with Crippen molar-refractivity contribution in [2.75, 3.05) is 0 Å². The number of aryl methyl sites for hydroxylation is 2. The van der Waals surface area contributed by atoms with Crippen LogP contribution in [0.3, 0.4) is 0 Å². The molecular formula is C20H21N5O2. The Balaban J connectivity index is 1.45. The van der Waals surface area contributed by atoms with Crippen LogP contribution in [0.4, 0.5) is 0 Å². The number of benzene rings is 1. The van der Waals surface area contributed by atoms with Crippen LogP contribution in [0, 0.1) is 6.92 Å². The molecule has 1 unspecified atom stereocenters. The fourth-order valence-corrected chi connectivity index (χ4v) is 3.28. The van der Waals surface area contributed by atoms with Gasteiger partial charge in [0.25, 0.3) is 5.91 Å². The largest absolute Gasteiger partial charge is 0.361 e. The van der Waals surface area contributed by atoms with Crippen LogP contribution < -0.4 is 5.32 Å². The van der Waals surface area contributed by atoms with Crippen molar-refractivity contribution in [2.45, 2.75) is 26.3 Å². The second-order valence-electron chi connectivity index (χ2n) is 6.87. The maximum absolute atomic E-state index is 12.5. The molecule has 3 aromatic heterocycles. The SMILES string of the molecule is Cc1cccc2c(CC(C)NC(=O)c3cc(-c4cnn(C)c4)on3)c[nH]c12. The first kappa shape index (κ1) is 17.1. The van der Waals surface area contributed by atoms with Gasteiger partial charge in [0, 0.05) is 42.5 Å². The lowest BCUT2D eigenvalue weighted by Crippen LogP contribution is -2.34. The number of para-hydroxylation sites is 1. The van der Waals surface area contributed by atoms with Crippen molar-refractivity contribution in [3.05, 3.63) is 59.7 Å². The fourth-order valence-electron chi connectivity index (χ4n) is 3.28. The molecule has 1 aromatic carbocycles. The number of nitrogens with zero attached hydrogens (tertiary/aromatic N) is 3. The highest BCUT2D eigenvalue weighted by Gasteiger charge is 2.17. The molecule has 0 aliphatic heterocycles. The third kappa shape index (κ3) is 3.36. The number of amides is 1. The summed E-state index contributed by atoms with van der Waals surface area (Å²) in [7, 11) is 1.82. The highest BCUT2D eigenvalue weighted by atomic mass is 16.5. The van der Waals surface area contributed by atoms with Gasteiger partial charge in [-0.25, -0.2) is 0 Å². The zero-order valence-corrected chi connectivity index (χ0v) is 15.5. The molecule has 4 rings (SSSR count). The number of hydrogen-bond acceptors (Lipinski definition) is 4. The van der Waals surface area contributed by atoms with E-state index >= 15 is 0 Å². The summed E-state index contributed by atoms with van der Waals surface area (Å²) in [5, 5.41) is 12.2. The van der Waals surface area contributed by atoms with Gasteiger partial charge in [0.15, 0.2) is 11.5 Å². The van der Waals surface area contributed by atoms with Crippen LogP contribution in [0.5, 0.6) is 0 Å². The molecule has 27 heavy (non-hydrogen) atoms. The summed E-state index contributed by atoms with van der Waals surface area (Å²) in [6.07, 6.45) is 6.22. The Hall–Kier alpha value is -3.35. The van der Waals surface area contributed by atoms with E-state index in [4.69, 9.17) is 4.52 Å². The van der Waals surface area contributed by atoms with Gasteiger partial charge in [-0.3, -0.25) is 9.48 Å². The quantitative estimate of drug-likeness (QED) is 0.570. The molecule has 0 bridgehead atoms. The van der Waals surface area contributed by atoms with E-state index in [1.54, 1.807) is 16.9 Å². The number of carbonyl (C=O) groups is 1. The number of rotatable bonds is 5. The van der Waals surface area contributed by atoms with Crippen LogP contribution in [0.15, 0.2) is 47.4 Å². The predicted octanol–water partition coefficient (Wildman–Crippen LogP) is 3.23. The number of aromatic nitrogens is 4. The number of nitrogens with one attached hydrogen (secondary N) is 2. The summed E-state index contributed by atoms with van der Waals surface area (Å²) in [5.74, 6) is 0.269. The molecule has 0 radical (unpaired) electrons. The number of H-pyrrole nitrogens is 1. The van der Waals surface area contributed by atoms with Crippen molar-refractivity contribution >= 4 is 16.8 Å². The van der Waals surface area contributed by atoms with Crippen molar-refractivity contribution in [3.8, 4) is 11.3 Å². The van der Waals surface area contributed by atoms with E-state index < -0.39 is 0 Å². The minimum Gasteiger partial charge on any atom is -0.361 e. The van der Waals surface area contributed by atoms with Gasteiger partial charge < -0.3 is 14.8 Å². The monoisotopic (exact) mass is 363 g/mol. The molecule has 1 amide bonds. The minimum atomic E-state index is -0.252. The summed E-state index contributed by atoms with van der Waals surface area (Å²) in [5.41, 5.74) is 4.57. The van der Waals surface area contributed by atoms with E-state index in [1.807, 2.05) is 32.4 Å². The molecule has 1 atom stereocenters. The van der Waals surface area contributed by atoms with Gasteiger partial charge >= 0.3 is 0 Å². The van der Waals surface area contributed by atoms with Gasteiger partial charge in [-0.2, -0.15) is 5.10 Å². The Bertz CT molecular complexity index is 1100. The summed E-state index contributed by atoms with van der Waals surface area (Å²) >= 11 is 0. The van der Waals surface area contributed by atoms with Crippen molar-refractivity contribution in [3.63, 3.8) is 0 Å². The Morgan fingerprint density at radius 2 is 2.26 bits per heavy atom. The summed E-state index contributed by atoms with van der Waals surface area (Å²) < 4.78 is 6.94. The van der Waals surface area contributed by atoms with Gasteiger partial charge in [0.2, 0.25) is 0 Å². The van der Waals surface area contributed by atoms with Crippen LogP contribution in [-0.4, -0.2) is 31.9 Å². The van der Waals surface area contributed by atoms with Gasteiger partial charge in [0.05, 0.1) is 11.8 Å². The lowest BCUT2D eigenvalue weighted by atomic mass is 10.0. The van der Waals surface area contributed by atoms with E-state index in [0.29, 0.717) is 5.76 Å². The van der Waals surface area contributed by atoms with Gasteiger partial charge in [-0.1, -0.05) is 23.4 Å². The lowest BCUT2D eigenvalue weighted by Gasteiger charge is -2.12. The maximum atomic E-state index is 12.5. The smallest absolute Gasteiger partial charge is 0.273 e. The predicted molar refractivity (Wildman–Crippen MR) is 102 cm³/mol. The number of aromatic amines is 1. The zero-order chi connectivity index (χ0) is 19.0. The first-order chi connectivity index (χ1) is 13.0. The number of hydrogen-bond donors (Lipinski definition) is 2. The van der Waals surface area contributed by atoms with E-state index in [-0.39, 0.29) is 17.6 Å². The zero-order valence-electron chi connectivity index (χ0n) is 15.5. The molecule has 7 nitrogen and oxygen atoms in total. The third-order valence-corrected chi connectivity index (χ3v) is 4.65. The molecular weight excluding hydrogens is 342 g/mol. The topological polar surface area (TPSA) is 88.7 Å². The normalized spacial score (nSPS) is 12.4. The molecule has 7 heteroatoms. The minimum absolute atomic E-state index is 0.0458. The van der Waals surface area contributed by atoms with E-state index in [1.165, 1.54) is 16.5 Å². The summed E-state index contributed by atoms with van der Waals surface area (Å²) in [6, 6.07) is 7.82. The molecule has 0 aliphatic rings. The second kappa shape index (κ2) is 6.75. The van der Waals surface area contributed by atoms with Crippen LogP contribution >= 0.6 is 0 Å². The molecule has 0 saturated heterocycles. The van der Waals surface area contributed by atoms with Crippen molar-refractivity contribution in [1.29, 1.82) is 0 Å². The van der Waals surface area contributed by atoms with E-state index in [0.717, 1.165) is 17.5 Å². The van der Waals surface area contributed by atoms with Crippen LogP contribution in [-0.2, 0) is 13.5 Å². The Labute approximate surface area is 156 Å². The van der Waals surface area contributed by atoms with E-state index in [9.17, 15) is 4.79 Å². The van der Waals surface area contributed by atoms with Gasteiger partial charge in [-0.05, 0) is 31.4 Å². The Morgan fingerprint density at radius 3 is 3.04 bits per heavy atom. The molecule has 3 heterocycles. The number of carbonyl (C=O) groups excluding carboxylic acids is 1. The van der Waals surface area contributed by atoms with Crippen LogP contribution in [0.1, 0.15) is 28.5 Å². The average molecular weight is 363 g/mol. The second-order valence-corrected chi connectivity index (χ2v) is 6.87. The number of fused-ring (bicyclic) bond motifs is 1.